The molecule has 0 saturated heterocycles. The molecule has 0 spiro atoms. The topological polar surface area (TPSA) is 112 Å². The minimum atomic E-state index is -0.791. The van der Waals surface area contributed by atoms with Crippen molar-refractivity contribution in [3.8, 4) is 5.75 Å². The van der Waals surface area contributed by atoms with Crippen molar-refractivity contribution >= 4 is 18.1 Å². The number of phenols is 1. The average molecular weight is 365 g/mol. The van der Waals surface area contributed by atoms with E-state index in [9.17, 15) is 14.7 Å². The summed E-state index contributed by atoms with van der Waals surface area (Å²) in [6.45, 7) is 4.43. The lowest BCUT2D eigenvalue weighted by molar-refractivity contribution is 0.117. The van der Waals surface area contributed by atoms with Crippen LogP contribution in [0, 0.1) is 5.41 Å². The minimum absolute atomic E-state index is 0.0132. The maximum absolute atomic E-state index is 12.3. The van der Waals surface area contributed by atoms with Gasteiger partial charge in [0.25, 0.3) is 0 Å². The maximum atomic E-state index is 12.3. The van der Waals surface area contributed by atoms with Crippen LogP contribution < -0.4 is 5.32 Å². The first-order valence-corrected chi connectivity index (χ1v) is 8.72. The number of guanidine groups is 1. The van der Waals surface area contributed by atoms with E-state index in [0.717, 1.165) is 24.2 Å². The number of carbonyl (C=O) groups is 2. The lowest BCUT2D eigenvalue weighted by Gasteiger charge is -2.22. The van der Waals surface area contributed by atoms with Gasteiger partial charge in [0.05, 0.1) is 19.8 Å². The molecule has 0 aliphatic carbocycles. The van der Waals surface area contributed by atoms with Crippen molar-refractivity contribution < 1.29 is 24.2 Å². The molecule has 144 valence electrons. The highest BCUT2D eigenvalue weighted by Crippen LogP contribution is 2.12. The molecule has 3 N–H and O–H groups in total. The first-order valence-electron chi connectivity index (χ1n) is 8.72. The van der Waals surface area contributed by atoms with Crippen molar-refractivity contribution in [2.24, 2.45) is 0 Å². The van der Waals surface area contributed by atoms with E-state index in [1.807, 2.05) is 13.8 Å². The first-order chi connectivity index (χ1) is 12.5. The van der Waals surface area contributed by atoms with Crippen molar-refractivity contribution in [2.75, 3.05) is 13.2 Å². The van der Waals surface area contributed by atoms with E-state index in [1.165, 1.54) is 12.1 Å². The van der Waals surface area contributed by atoms with Crippen molar-refractivity contribution in [1.82, 2.24) is 10.2 Å². The number of alkyl carbamates (subject to hydrolysis) is 1. The van der Waals surface area contributed by atoms with Crippen molar-refractivity contribution in [1.29, 1.82) is 5.41 Å². The summed E-state index contributed by atoms with van der Waals surface area (Å²) in [4.78, 5) is 25.0. The molecule has 0 atom stereocenters. The quantitative estimate of drug-likeness (QED) is 0.370. The highest BCUT2D eigenvalue weighted by Gasteiger charge is 2.22. The number of benzene rings is 1. The third kappa shape index (κ3) is 7.87. The van der Waals surface area contributed by atoms with Gasteiger partial charge in [0.15, 0.2) is 0 Å². The molecule has 0 fully saturated rings. The molecule has 0 saturated carbocycles. The van der Waals surface area contributed by atoms with E-state index in [1.54, 1.807) is 12.1 Å². The Labute approximate surface area is 153 Å². The van der Waals surface area contributed by atoms with E-state index in [0.29, 0.717) is 12.0 Å². The third-order valence-corrected chi connectivity index (χ3v) is 3.44. The third-order valence-electron chi connectivity index (χ3n) is 3.44. The number of ether oxygens (including phenoxy) is 2. The Morgan fingerprint density at radius 3 is 2.23 bits per heavy atom. The number of rotatable bonds is 8. The highest BCUT2D eigenvalue weighted by atomic mass is 16.6. The van der Waals surface area contributed by atoms with Gasteiger partial charge in [-0.2, -0.15) is 0 Å². The van der Waals surface area contributed by atoms with Crippen molar-refractivity contribution in [3.05, 3.63) is 29.8 Å². The molecule has 0 heterocycles. The normalized spacial score (nSPS) is 10.1. The molecule has 2 amide bonds. The van der Waals surface area contributed by atoms with Crippen LogP contribution in [0.25, 0.3) is 0 Å². The Bertz CT molecular complexity index is 589. The summed E-state index contributed by atoms with van der Waals surface area (Å²) in [6, 6.07) is 6.20. The number of unbranched alkanes of at least 4 members (excludes halogenated alkanes) is 2. The fraction of sp³-hybridized carbons (Fsp3) is 0.500. The van der Waals surface area contributed by atoms with E-state index in [-0.39, 0.29) is 25.5 Å². The monoisotopic (exact) mass is 365 g/mol. The summed E-state index contributed by atoms with van der Waals surface area (Å²) in [5.41, 5.74) is 0.668. The molecule has 0 aliphatic heterocycles. The molecule has 0 bridgehead atoms. The van der Waals surface area contributed by atoms with Gasteiger partial charge < -0.3 is 14.6 Å². The smallest absolute Gasteiger partial charge is 0.416 e. The molecule has 8 heteroatoms. The Morgan fingerprint density at radius 1 is 1.08 bits per heavy atom. The summed E-state index contributed by atoms with van der Waals surface area (Å²) < 4.78 is 10.1. The fourth-order valence-electron chi connectivity index (χ4n) is 1.91. The van der Waals surface area contributed by atoms with Gasteiger partial charge in [0, 0.05) is 0 Å². The standard InChI is InChI=1S/C18H27N3O5/c1-3-5-11-25-17(23)20-16(19)21(18(24)26-12-6-4-2)13-14-7-9-15(22)10-8-14/h7-10,22H,3-6,11-13H2,1-2H3,(H2,19,20,23). The minimum Gasteiger partial charge on any atom is -0.508 e. The Kier molecular flexibility index (Phi) is 9.59. The van der Waals surface area contributed by atoms with Crippen LogP contribution in [-0.2, 0) is 16.0 Å². The summed E-state index contributed by atoms with van der Waals surface area (Å²) in [6.07, 6.45) is 1.65. The predicted molar refractivity (Wildman–Crippen MR) is 97.0 cm³/mol. The predicted octanol–water partition coefficient (Wildman–Crippen LogP) is 3.59. The van der Waals surface area contributed by atoms with Gasteiger partial charge in [-0.05, 0) is 30.5 Å². The summed E-state index contributed by atoms with van der Waals surface area (Å²) in [5.74, 6) is -0.334. The SMILES string of the molecule is CCCCOC(=O)NC(=N)N(Cc1ccc(O)cc1)C(=O)OCCCC. The highest BCUT2D eigenvalue weighted by molar-refractivity contribution is 5.99. The van der Waals surface area contributed by atoms with Crippen LogP contribution in [0.15, 0.2) is 24.3 Å². The fourth-order valence-corrected chi connectivity index (χ4v) is 1.91. The molecule has 0 aliphatic rings. The molecule has 1 aromatic carbocycles. The van der Waals surface area contributed by atoms with Gasteiger partial charge >= 0.3 is 12.2 Å². The molecule has 0 unspecified atom stereocenters. The zero-order chi connectivity index (χ0) is 19.4. The Morgan fingerprint density at radius 2 is 1.65 bits per heavy atom. The average Bonchev–Trinajstić information content (AvgIpc) is 2.61. The van der Waals surface area contributed by atoms with E-state index in [4.69, 9.17) is 14.9 Å². The van der Waals surface area contributed by atoms with Crippen molar-refractivity contribution in [3.63, 3.8) is 0 Å². The maximum Gasteiger partial charge on any atom is 0.416 e. The van der Waals surface area contributed by atoms with E-state index in [2.05, 4.69) is 5.32 Å². The van der Waals surface area contributed by atoms with Gasteiger partial charge in [-0.3, -0.25) is 10.7 Å². The molecular weight excluding hydrogens is 338 g/mol. The number of hydrogen-bond donors (Lipinski definition) is 3. The number of nitrogens with zero attached hydrogens (tertiary/aromatic N) is 1. The first kappa shape index (κ1) is 21.3. The van der Waals surface area contributed by atoms with E-state index < -0.39 is 18.1 Å². The van der Waals surface area contributed by atoms with Gasteiger partial charge in [-0.15, -0.1) is 0 Å². The molecule has 1 rings (SSSR count). The van der Waals surface area contributed by atoms with Gasteiger partial charge in [-0.1, -0.05) is 38.8 Å². The van der Waals surface area contributed by atoms with Crippen LogP contribution in [0.5, 0.6) is 5.75 Å². The number of hydrogen-bond acceptors (Lipinski definition) is 6. The summed E-state index contributed by atoms with van der Waals surface area (Å²) in [5, 5.41) is 19.6. The van der Waals surface area contributed by atoms with Crippen LogP contribution >= 0.6 is 0 Å². The lowest BCUT2D eigenvalue weighted by atomic mass is 10.2. The zero-order valence-electron chi connectivity index (χ0n) is 15.3. The Balaban J connectivity index is 2.74. The number of carbonyl (C=O) groups excluding carboxylic acids is 2. The Hall–Kier alpha value is -2.77. The van der Waals surface area contributed by atoms with E-state index >= 15 is 0 Å². The van der Waals surface area contributed by atoms with Gasteiger partial charge in [-0.25, -0.2) is 14.5 Å². The van der Waals surface area contributed by atoms with Crippen LogP contribution in [0.4, 0.5) is 9.59 Å². The molecule has 1 aromatic rings. The van der Waals surface area contributed by atoms with Crippen LogP contribution in [-0.4, -0.2) is 41.4 Å². The second-order valence-corrected chi connectivity index (χ2v) is 5.68. The van der Waals surface area contributed by atoms with Crippen LogP contribution in [0.2, 0.25) is 0 Å². The van der Waals surface area contributed by atoms with Gasteiger partial charge in [0.2, 0.25) is 5.96 Å². The molecular formula is C18H27N3O5. The van der Waals surface area contributed by atoms with Crippen LogP contribution in [0.3, 0.4) is 0 Å². The number of aromatic hydroxyl groups is 1. The zero-order valence-corrected chi connectivity index (χ0v) is 15.3. The van der Waals surface area contributed by atoms with Gasteiger partial charge in [0.1, 0.15) is 5.75 Å². The lowest BCUT2D eigenvalue weighted by Crippen LogP contribution is -2.46. The molecule has 0 radical (unpaired) electrons. The van der Waals surface area contributed by atoms with Crippen molar-refractivity contribution in [2.45, 2.75) is 46.1 Å². The molecule has 26 heavy (non-hydrogen) atoms. The molecule has 8 nitrogen and oxygen atoms in total. The number of nitrogens with one attached hydrogen (secondary N) is 2. The molecule has 0 aromatic heterocycles. The number of amides is 2. The largest absolute Gasteiger partial charge is 0.508 e. The van der Waals surface area contributed by atoms with Crippen LogP contribution in [0.1, 0.15) is 45.1 Å². The summed E-state index contributed by atoms with van der Waals surface area (Å²) in [7, 11) is 0. The second kappa shape index (κ2) is 11.7. The summed E-state index contributed by atoms with van der Waals surface area (Å²) >= 11 is 0. The second-order valence-electron chi connectivity index (χ2n) is 5.68. The number of phenolic OH excluding ortho intramolecular Hbond substituents is 1.